The second kappa shape index (κ2) is 7.20. The predicted octanol–water partition coefficient (Wildman–Crippen LogP) is 3.46. The maximum absolute atomic E-state index is 6.21. The average molecular weight is 325 g/mol. The zero-order valence-electron chi connectivity index (χ0n) is 13.8. The molecule has 1 aromatic rings. The fraction of sp³-hybridized carbons (Fsp3) is 0.667. The van der Waals surface area contributed by atoms with Gasteiger partial charge in [0, 0.05) is 25.7 Å². The second-order valence-corrected chi connectivity index (χ2v) is 7.49. The molecule has 1 aliphatic heterocycles. The van der Waals surface area contributed by atoms with Crippen LogP contribution in [0.15, 0.2) is 24.3 Å². The number of hydrogen-bond acceptors (Lipinski definition) is 3. The Bertz CT molecular complexity index is 470. The molecule has 1 aromatic carbocycles. The minimum atomic E-state index is 0. The molecule has 22 heavy (non-hydrogen) atoms. The van der Waals surface area contributed by atoms with Crippen molar-refractivity contribution in [2.45, 2.75) is 45.7 Å². The van der Waals surface area contributed by atoms with Crippen LogP contribution in [0, 0.1) is 11.3 Å². The summed E-state index contributed by atoms with van der Waals surface area (Å²) in [5.41, 5.74) is 7.78. The molecule has 0 amide bonds. The number of rotatable bonds is 5. The molecular formula is C18H29ClN2O. The lowest BCUT2D eigenvalue weighted by Crippen LogP contribution is -2.52. The summed E-state index contributed by atoms with van der Waals surface area (Å²) in [4.78, 5) is 2.52. The van der Waals surface area contributed by atoms with Crippen molar-refractivity contribution in [3.05, 3.63) is 29.8 Å². The number of likely N-dealkylation sites (tertiary alicyclic amines) is 1. The molecule has 0 aromatic heterocycles. The third kappa shape index (κ3) is 4.61. The summed E-state index contributed by atoms with van der Waals surface area (Å²) in [6.07, 6.45) is 3.77. The lowest BCUT2D eigenvalue weighted by molar-refractivity contribution is 0.0899. The molecule has 1 aliphatic carbocycles. The minimum absolute atomic E-state index is 0. The monoisotopic (exact) mass is 324 g/mol. The first-order valence-corrected chi connectivity index (χ1v) is 8.22. The van der Waals surface area contributed by atoms with E-state index in [9.17, 15) is 0 Å². The fourth-order valence-corrected chi connectivity index (χ4v) is 3.07. The molecule has 1 atom stereocenters. The van der Waals surface area contributed by atoms with Gasteiger partial charge in [-0.05, 0) is 48.3 Å². The lowest BCUT2D eigenvalue weighted by atomic mass is 9.79. The van der Waals surface area contributed by atoms with E-state index in [0.29, 0.717) is 6.04 Å². The van der Waals surface area contributed by atoms with E-state index in [1.807, 2.05) is 0 Å². The van der Waals surface area contributed by atoms with Gasteiger partial charge in [-0.3, -0.25) is 4.90 Å². The van der Waals surface area contributed by atoms with Crippen LogP contribution in [0.4, 0.5) is 0 Å². The molecule has 1 saturated heterocycles. The predicted molar refractivity (Wildman–Crippen MR) is 93.6 cm³/mol. The highest BCUT2D eigenvalue weighted by Crippen LogP contribution is 2.30. The SMILES string of the molecule is CC1(C)CN(Cc2ccc(OCC3CC3)cc2)CCC1N.Cl. The highest BCUT2D eigenvalue weighted by atomic mass is 35.5. The number of nitrogens with two attached hydrogens (primary N) is 1. The first kappa shape index (κ1) is 17.6. The first-order chi connectivity index (χ1) is 10.0. The van der Waals surface area contributed by atoms with Gasteiger partial charge < -0.3 is 10.5 Å². The molecule has 0 radical (unpaired) electrons. The van der Waals surface area contributed by atoms with E-state index in [1.165, 1.54) is 18.4 Å². The molecule has 1 unspecified atom stereocenters. The van der Waals surface area contributed by atoms with Gasteiger partial charge in [0.2, 0.25) is 0 Å². The molecule has 1 saturated carbocycles. The Kier molecular flexibility index (Phi) is 5.76. The van der Waals surface area contributed by atoms with Gasteiger partial charge in [0.05, 0.1) is 6.61 Å². The number of nitrogens with zero attached hydrogens (tertiary/aromatic N) is 1. The van der Waals surface area contributed by atoms with E-state index in [4.69, 9.17) is 10.5 Å². The zero-order chi connectivity index (χ0) is 14.9. The van der Waals surface area contributed by atoms with Gasteiger partial charge in [0.1, 0.15) is 5.75 Å². The van der Waals surface area contributed by atoms with E-state index in [2.05, 4.69) is 43.0 Å². The van der Waals surface area contributed by atoms with E-state index in [0.717, 1.165) is 44.3 Å². The highest BCUT2D eigenvalue weighted by Gasteiger charge is 2.33. The third-order valence-corrected chi connectivity index (χ3v) is 4.90. The molecule has 2 N–H and O–H groups in total. The number of piperidine rings is 1. The summed E-state index contributed by atoms with van der Waals surface area (Å²) in [6.45, 7) is 8.63. The Morgan fingerprint density at radius 3 is 2.45 bits per heavy atom. The van der Waals surface area contributed by atoms with Crippen molar-refractivity contribution in [3.8, 4) is 5.75 Å². The van der Waals surface area contributed by atoms with Gasteiger partial charge in [-0.15, -0.1) is 12.4 Å². The number of halogens is 1. The summed E-state index contributed by atoms with van der Waals surface area (Å²) in [6, 6.07) is 8.94. The maximum atomic E-state index is 6.21. The molecule has 0 bridgehead atoms. The summed E-state index contributed by atoms with van der Waals surface area (Å²) in [7, 11) is 0. The largest absolute Gasteiger partial charge is 0.493 e. The smallest absolute Gasteiger partial charge is 0.119 e. The van der Waals surface area contributed by atoms with E-state index in [-0.39, 0.29) is 17.8 Å². The number of hydrogen-bond donors (Lipinski definition) is 1. The Morgan fingerprint density at radius 1 is 1.18 bits per heavy atom. The van der Waals surface area contributed by atoms with Crippen molar-refractivity contribution in [3.63, 3.8) is 0 Å². The maximum Gasteiger partial charge on any atom is 0.119 e. The van der Waals surface area contributed by atoms with Gasteiger partial charge in [-0.1, -0.05) is 26.0 Å². The average Bonchev–Trinajstić information content (AvgIpc) is 3.26. The zero-order valence-corrected chi connectivity index (χ0v) is 14.6. The standard InChI is InChI=1S/C18H28N2O.ClH/c1-18(2)13-20(10-9-17(18)19)11-14-5-7-16(8-6-14)21-12-15-3-4-15;/h5-8,15,17H,3-4,9-13,19H2,1-2H3;1H. The molecule has 4 heteroatoms. The summed E-state index contributed by atoms with van der Waals surface area (Å²) < 4.78 is 5.79. The third-order valence-electron chi connectivity index (χ3n) is 4.90. The Balaban J connectivity index is 0.00000176. The van der Waals surface area contributed by atoms with Crippen LogP contribution in [0.1, 0.15) is 38.7 Å². The van der Waals surface area contributed by atoms with E-state index >= 15 is 0 Å². The second-order valence-electron chi connectivity index (χ2n) is 7.49. The Morgan fingerprint density at radius 2 is 1.86 bits per heavy atom. The summed E-state index contributed by atoms with van der Waals surface area (Å²) in [5.74, 6) is 1.82. The number of benzene rings is 1. The van der Waals surface area contributed by atoms with Crippen molar-refractivity contribution in [2.24, 2.45) is 17.1 Å². The van der Waals surface area contributed by atoms with Crippen molar-refractivity contribution in [2.75, 3.05) is 19.7 Å². The van der Waals surface area contributed by atoms with E-state index in [1.54, 1.807) is 0 Å². The quantitative estimate of drug-likeness (QED) is 0.901. The first-order valence-electron chi connectivity index (χ1n) is 8.22. The van der Waals surface area contributed by atoms with Crippen molar-refractivity contribution in [1.29, 1.82) is 0 Å². The molecule has 1 heterocycles. The van der Waals surface area contributed by atoms with Gasteiger partial charge in [-0.25, -0.2) is 0 Å². The highest BCUT2D eigenvalue weighted by molar-refractivity contribution is 5.85. The van der Waals surface area contributed by atoms with Gasteiger partial charge >= 0.3 is 0 Å². The van der Waals surface area contributed by atoms with Crippen molar-refractivity contribution >= 4 is 12.4 Å². The van der Waals surface area contributed by atoms with Crippen LogP contribution in [0.3, 0.4) is 0 Å². The molecule has 0 spiro atoms. The summed E-state index contributed by atoms with van der Waals surface area (Å²) in [5, 5.41) is 0. The Hall–Kier alpha value is -0.770. The minimum Gasteiger partial charge on any atom is -0.493 e. The van der Waals surface area contributed by atoms with Gasteiger partial charge in [-0.2, -0.15) is 0 Å². The number of ether oxygens (including phenoxy) is 1. The van der Waals surface area contributed by atoms with Crippen LogP contribution in [-0.2, 0) is 6.54 Å². The van der Waals surface area contributed by atoms with Crippen LogP contribution >= 0.6 is 12.4 Å². The summed E-state index contributed by atoms with van der Waals surface area (Å²) >= 11 is 0. The fourth-order valence-electron chi connectivity index (χ4n) is 3.07. The topological polar surface area (TPSA) is 38.5 Å². The molecule has 3 rings (SSSR count). The van der Waals surface area contributed by atoms with E-state index < -0.39 is 0 Å². The molecule has 2 fully saturated rings. The van der Waals surface area contributed by atoms with Gasteiger partial charge in [0.15, 0.2) is 0 Å². The van der Waals surface area contributed by atoms with Crippen molar-refractivity contribution < 1.29 is 4.74 Å². The van der Waals surface area contributed by atoms with Crippen molar-refractivity contribution in [1.82, 2.24) is 4.90 Å². The van der Waals surface area contributed by atoms with Gasteiger partial charge in [0.25, 0.3) is 0 Å². The normalized spacial score (nSPS) is 24.6. The molecule has 2 aliphatic rings. The molecule has 124 valence electrons. The van der Waals surface area contributed by atoms with Crippen LogP contribution in [0.2, 0.25) is 0 Å². The van der Waals surface area contributed by atoms with Crippen LogP contribution < -0.4 is 10.5 Å². The lowest BCUT2D eigenvalue weighted by Gasteiger charge is -2.42. The van der Waals surface area contributed by atoms with Crippen LogP contribution in [-0.4, -0.2) is 30.6 Å². The molecule has 3 nitrogen and oxygen atoms in total. The van der Waals surface area contributed by atoms with Crippen LogP contribution in [0.5, 0.6) is 5.75 Å². The van der Waals surface area contributed by atoms with Crippen LogP contribution in [0.25, 0.3) is 0 Å². The molecular weight excluding hydrogens is 296 g/mol. The Labute approximate surface area is 140 Å².